The summed E-state index contributed by atoms with van der Waals surface area (Å²) in [7, 11) is -3.08. The van der Waals surface area contributed by atoms with Crippen molar-refractivity contribution in [2.45, 2.75) is 52.1 Å². The minimum absolute atomic E-state index is 0.0551. The molecule has 2 aromatic rings. The molecular weight excluding hydrogens is 442 g/mol. The van der Waals surface area contributed by atoms with Crippen molar-refractivity contribution in [2.75, 3.05) is 18.1 Å². The number of benzene rings is 1. The van der Waals surface area contributed by atoms with Crippen LogP contribution in [0.25, 0.3) is 0 Å². The molecular formula is C24H29N3O5S. The molecule has 2 unspecified atom stereocenters. The maximum Gasteiger partial charge on any atom is 0.325 e. The van der Waals surface area contributed by atoms with Crippen LogP contribution in [0, 0.1) is 20.8 Å². The summed E-state index contributed by atoms with van der Waals surface area (Å²) in [6.07, 6.45) is 0.866. The van der Waals surface area contributed by atoms with Crippen molar-refractivity contribution >= 4 is 27.6 Å². The van der Waals surface area contributed by atoms with Gasteiger partial charge < -0.3 is 9.88 Å². The summed E-state index contributed by atoms with van der Waals surface area (Å²) in [5, 5.41) is 2.81. The first-order valence-electron chi connectivity index (χ1n) is 11.1. The van der Waals surface area contributed by atoms with Gasteiger partial charge in [0.25, 0.3) is 5.91 Å². The molecule has 2 fully saturated rings. The summed E-state index contributed by atoms with van der Waals surface area (Å²) in [4.78, 5) is 40.3. The maximum atomic E-state index is 13.4. The van der Waals surface area contributed by atoms with Crippen molar-refractivity contribution in [3.05, 3.63) is 58.4 Å². The van der Waals surface area contributed by atoms with Gasteiger partial charge in [-0.3, -0.25) is 14.5 Å². The number of hydrogen-bond donors (Lipinski definition) is 1. The highest BCUT2D eigenvalue weighted by atomic mass is 32.2. The summed E-state index contributed by atoms with van der Waals surface area (Å²) < 4.78 is 25.8. The highest BCUT2D eigenvalue weighted by molar-refractivity contribution is 7.91. The molecule has 2 aliphatic heterocycles. The zero-order chi connectivity index (χ0) is 24.1. The lowest BCUT2D eigenvalue weighted by atomic mass is 9.86. The number of ketones is 1. The monoisotopic (exact) mass is 471 g/mol. The summed E-state index contributed by atoms with van der Waals surface area (Å²) in [5.74, 6) is -0.601. The minimum atomic E-state index is -3.08. The van der Waals surface area contributed by atoms with Gasteiger partial charge in [0.1, 0.15) is 5.54 Å². The maximum absolute atomic E-state index is 13.4. The molecule has 1 N–H and O–H groups in total. The Bertz CT molecular complexity index is 1250. The molecule has 3 amide bonds. The quantitative estimate of drug-likeness (QED) is 0.515. The van der Waals surface area contributed by atoms with E-state index in [0.717, 1.165) is 16.2 Å². The van der Waals surface area contributed by atoms with Gasteiger partial charge in [0.2, 0.25) is 0 Å². The number of aryl methyl sites for hydroxylation is 2. The Morgan fingerprint density at radius 3 is 2.39 bits per heavy atom. The molecule has 4 rings (SSSR count). The number of Topliss-reactive ketones (excluding diaryl/α,β-unsaturated/α-hetero) is 1. The number of nitrogens with zero attached hydrogens (tertiary/aromatic N) is 2. The van der Waals surface area contributed by atoms with Crippen LogP contribution in [0.15, 0.2) is 30.3 Å². The lowest BCUT2D eigenvalue weighted by Crippen LogP contribution is -2.43. The van der Waals surface area contributed by atoms with E-state index in [1.807, 2.05) is 49.6 Å². The molecule has 0 saturated carbocycles. The van der Waals surface area contributed by atoms with Gasteiger partial charge >= 0.3 is 6.03 Å². The lowest BCUT2D eigenvalue weighted by Gasteiger charge is -2.26. The molecule has 3 heterocycles. The molecule has 9 heteroatoms. The first-order chi connectivity index (χ1) is 15.5. The van der Waals surface area contributed by atoms with Crippen LogP contribution in [-0.4, -0.2) is 53.7 Å². The number of aromatic nitrogens is 1. The fourth-order valence-electron chi connectivity index (χ4n) is 5.08. The van der Waals surface area contributed by atoms with E-state index in [9.17, 15) is 22.8 Å². The van der Waals surface area contributed by atoms with Gasteiger partial charge in [0, 0.05) is 23.0 Å². The SMILES string of the molecule is CCC1(c2ccc(C)cc2)NC(=O)N(CC(=O)c2cc(C)n(C3CCS(=O)(=O)C3)c2C)C1=O. The highest BCUT2D eigenvalue weighted by Gasteiger charge is 2.51. The molecule has 2 atom stereocenters. The molecule has 0 aliphatic carbocycles. The smallest absolute Gasteiger partial charge is 0.325 e. The number of rotatable bonds is 6. The van der Waals surface area contributed by atoms with Crippen LogP contribution in [0.3, 0.4) is 0 Å². The van der Waals surface area contributed by atoms with Crippen LogP contribution in [0.1, 0.15) is 58.7 Å². The average Bonchev–Trinajstić information content (AvgIpc) is 3.35. The standard InChI is InChI=1S/C24H29N3O5S/c1-5-24(18-8-6-15(2)7-9-18)22(29)26(23(30)25-24)13-21(28)20-12-16(3)27(17(20)4)19-10-11-33(31,32)14-19/h6-9,12,19H,5,10-11,13-14H2,1-4H3,(H,25,30). The van der Waals surface area contributed by atoms with Gasteiger partial charge in [-0.05, 0) is 45.2 Å². The van der Waals surface area contributed by atoms with Gasteiger partial charge in [-0.1, -0.05) is 36.8 Å². The number of carbonyl (C=O) groups is 3. The van der Waals surface area contributed by atoms with Crippen LogP contribution in [-0.2, 0) is 20.2 Å². The molecule has 2 saturated heterocycles. The van der Waals surface area contributed by atoms with Crippen molar-refractivity contribution in [3.63, 3.8) is 0 Å². The number of imide groups is 1. The average molecular weight is 472 g/mol. The Morgan fingerprint density at radius 2 is 1.82 bits per heavy atom. The number of urea groups is 1. The van der Waals surface area contributed by atoms with Crippen molar-refractivity contribution in [3.8, 4) is 0 Å². The van der Waals surface area contributed by atoms with Gasteiger partial charge in [-0.25, -0.2) is 13.2 Å². The second-order valence-electron chi connectivity index (χ2n) is 9.08. The van der Waals surface area contributed by atoms with Crippen LogP contribution in [0.2, 0.25) is 0 Å². The molecule has 2 aliphatic rings. The van der Waals surface area contributed by atoms with E-state index in [0.29, 0.717) is 29.7 Å². The lowest BCUT2D eigenvalue weighted by molar-refractivity contribution is -0.131. The molecule has 0 bridgehead atoms. The zero-order valence-electron chi connectivity index (χ0n) is 19.3. The third-order valence-electron chi connectivity index (χ3n) is 6.91. The van der Waals surface area contributed by atoms with E-state index >= 15 is 0 Å². The zero-order valence-corrected chi connectivity index (χ0v) is 20.2. The molecule has 33 heavy (non-hydrogen) atoms. The minimum Gasteiger partial charge on any atom is -0.344 e. The molecule has 0 radical (unpaired) electrons. The van der Waals surface area contributed by atoms with E-state index in [-0.39, 0.29) is 29.9 Å². The molecule has 0 spiro atoms. The normalized spacial score (nSPS) is 24.4. The third-order valence-corrected chi connectivity index (χ3v) is 8.66. The first kappa shape index (κ1) is 23.2. The molecule has 8 nitrogen and oxygen atoms in total. The summed E-state index contributed by atoms with van der Waals surface area (Å²) in [6, 6.07) is 8.34. The Labute approximate surface area is 193 Å². The van der Waals surface area contributed by atoms with Gasteiger partial charge in [-0.15, -0.1) is 0 Å². The molecule has 1 aromatic carbocycles. The number of nitrogens with one attached hydrogen (secondary N) is 1. The number of hydrogen-bond acceptors (Lipinski definition) is 5. The highest BCUT2D eigenvalue weighted by Crippen LogP contribution is 2.33. The summed E-state index contributed by atoms with van der Waals surface area (Å²) in [6.45, 7) is 7.01. The van der Waals surface area contributed by atoms with Crippen LogP contribution in [0.4, 0.5) is 4.79 Å². The first-order valence-corrected chi connectivity index (χ1v) is 12.9. The van der Waals surface area contributed by atoms with Crippen LogP contribution < -0.4 is 5.32 Å². The van der Waals surface area contributed by atoms with Crippen molar-refractivity contribution in [1.82, 2.24) is 14.8 Å². The van der Waals surface area contributed by atoms with Crippen molar-refractivity contribution < 1.29 is 22.8 Å². The molecule has 176 valence electrons. The van der Waals surface area contributed by atoms with Crippen molar-refractivity contribution in [2.24, 2.45) is 0 Å². The number of sulfone groups is 1. The fraction of sp³-hybridized carbons (Fsp3) is 0.458. The van der Waals surface area contributed by atoms with E-state index in [4.69, 9.17) is 0 Å². The Morgan fingerprint density at radius 1 is 1.15 bits per heavy atom. The number of carbonyl (C=O) groups excluding carboxylic acids is 3. The van der Waals surface area contributed by atoms with E-state index in [2.05, 4.69) is 5.32 Å². The summed E-state index contributed by atoms with van der Waals surface area (Å²) >= 11 is 0. The van der Waals surface area contributed by atoms with Crippen LogP contribution >= 0.6 is 0 Å². The second kappa shape index (κ2) is 8.13. The van der Waals surface area contributed by atoms with Gasteiger partial charge in [0.15, 0.2) is 15.6 Å². The largest absolute Gasteiger partial charge is 0.344 e. The molecule has 1 aromatic heterocycles. The second-order valence-corrected chi connectivity index (χ2v) is 11.3. The van der Waals surface area contributed by atoms with E-state index in [1.54, 1.807) is 13.0 Å². The fourth-order valence-corrected chi connectivity index (χ4v) is 6.78. The van der Waals surface area contributed by atoms with Gasteiger partial charge in [-0.2, -0.15) is 0 Å². The Balaban J connectivity index is 1.59. The Hall–Kier alpha value is -2.94. The van der Waals surface area contributed by atoms with Crippen LogP contribution in [0.5, 0.6) is 0 Å². The number of amides is 3. The van der Waals surface area contributed by atoms with E-state index < -0.39 is 27.3 Å². The Kier molecular flexibility index (Phi) is 5.72. The van der Waals surface area contributed by atoms with E-state index in [1.165, 1.54) is 0 Å². The predicted molar refractivity (Wildman–Crippen MR) is 124 cm³/mol. The topological polar surface area (TPSA) is 106 Å². The van der Waals surface area contributed by atoms with Gasteiger partial charge in [0.05, 0.1) is 18.1 Å². The predicted octanol–water partition coefficient (Wildman–Crippen LogP) is 2.81. The summed E-state index contributed by atoms with van der Waals surface area (Å²) in [5.41, 5.74) is 2.38. The third kappa shape index (κ3) is 3.88. The van der Waals surface area contributed by atoms with Crippen molar-refractivity contribution in [1.29, 1.82) is 0 Å².